The zero-order valence-electron chi connectivity index (χ0n) is 17.4. The fourth-order valence-electron chi connectivity index (χ4n) is 3.14. The summed E-state index contributed by atoms with van der Waals surface area (Å²) in [6.45, 7) is 1.45. The van der Waals surface area contributed by atoms with Crippen LogP contribution in [0.1, 0.15) is 22.8 Å². The molecule has 0 fully saturated rings. The van der Waals surface area contributed by atoms with E-state index in [9.17, 15) is 9.59 Å². The highest BCUT2D eigenvalue weighted by atomic mass is 16.2. The maximum atomic E-state index is 12.9. The van der Waals surface area contributed by atoms with E-state index in [4.69, 9.17) is 0 Å². The number of rotatable bonds is 6. The van der Waals surface area contributed by atoms with Crippen LogP contribution in [0.4, 0.5) is 5.69 Å². The molecule has 0 aliphatic heterocycles. The van der Waals surface area contributed by atoms with Crippen LogP contribution in [0.5, 0.6) is 0 Å². The lowest BCUT2D eigenvalue weighted by atomic mass is 10.1. The number of amides is 2. The Labute approximate surface area is 185 Å². The molecule has 158 valence electrons. The summed E-state index contributed by atoms with van der Waals surface area (Å²) >= 11 is 0. The summed E-state index contributed by atoms with van der Waals surface area (Å²) in [6.07, 6.45) is 3.24. The number of hydrogen-bond donors (Lipinski definition) is 2. The molecule has 2 N–H and O–H groups in total. The van der Waals surface area contributed by atoms with Crippen molar-refractivity contribution in [1.29, 1.82) is 0 Å². The Balaban J connectivity index is 1.55. The summed E-state index contributed by atoms with van der Waals surface area (Å²) < 4.78 is 1.68. The van der Waals surface area contributed by atoms with Crippen molar-refractivity contribution < 1.29 is 9.59 Å². The monoisotopic (exact) mass is 423 g/mol. The molecule has 0 spiro atoms. The van der Waals surface area contributed by atoms with E-state index in [2.05, 4.69) is 20.9 Å². The van der Waals surface area contributed by atoms with Gasteiger partial charge in [0.05, 0.1) is 17.5 Å². The zero-order chi connectivity index (χ0) is 22.3. The topological polar surface area (TPSA) is 88.4 Å². The Morgan fingerprint density at radius 2 is 1.56 bits per heavy atom. The van der Waals surface area contributed by atoms with Crippen molar-refractivity contribution in [3.05, 3.63) is 102 Å². The molecule has 0 saturated carbocycles. The highest BCUT2D eigenvalue weighted by Gasteiger charge is 2.18. The van der Waals surface area contributed by atoms with Gasteiger partial charge in [-0.05, 0) is 29.8 Å². The van der Waals surface area contributed by atoms with E-state index >= 15 is 0 Å². The normalized spacial score (nSPS) is 10.8. The first kappa shape index (κ1) is 20.7. The second-order valence-electron chi connectivity index (χ2n) is 7.04. The summed E-state index contributed by atoms with van der Waals surface area (Å²) in [5.41, 5.74) is 6.73. The molecule has 3 aromatic carbocycles. The van der Waals surface area contributed by atoms with Gasteiger partial charge in [0.1, 0.15) is 5.69 Å². The average Bonchev–Trinajstić information content (AvgIpc) is 3.27. The van der Waals surface area contributed by atoms with Crippen LogP contribution in [0.25, 0.3) is 16.9 Å². The molecule has 0 aliphatic rings. The van der Waals surface area contributed by atoms with Gasteiger partial charge in [-0.3, -0.25) is 9.59 Å². The molecule has 2 amide bonds. The first-order valence-electron chi connectivity index (χ1n) is 10.0. The second kappa shape index (κ2) is 9.53. The predicted octanol–water partition coefficient (Wildman–Crippen LogP) is 4.26. The van der Waals surface area contributed by atoms with E-state index in [1.807, 2.05) is 60.7 Å². The quantitative estimate of drug-likeness (QED) is 0.359. The Hall–Kier alpha value is -4.52. The van der Waals surface area contributed by atoms with E-state index in [0.29, 0.717) is 16.9 Å². The summed E-state index contributed by atoms with van der Waals surface area (Å²) in [7, 11) is 0. The van der Waals surface area contributed by atoms with E-state index in [1.54, 1.807) is 41.4 Å². The predicted molar refractivity (Wildman–Crippen MR) is 125 cm³/mol. The van der Waals surface area contributed by atoms with Gasteiger partial charge in [0, 0.05) is 24.4 Å². The van der Waals surface area contributed by atoms with Gasteiger partial charge in [-0.1, -0.05) is 60.7 Å². The van der Waals surface area contributed by atoms with Gasteiger partial charge in [0.15, 0.2) is 0 Å². The van der Waals surface area contributed by atoms with Crippen molar-refractivity contribution in [2.75, 3.05) is 5.32 Å². The molecular formula is C25H21N5O2. The Kier molecular flexibility index (Phi) is 6.17. The number of nitrogens with zero attached hydrogens (tertiary/aromatic N) is 3. The number of hydrazone groups is 1. The minimum absolute atomic E-state index is 0.135. The molecular weight excluding hydrogens is 402 g/mol. The molecule has 32 heavy (non-hydrogen) atoms. The Morgan fingerprint density at radius 3 is 2.22 bits per heavy atom. The summed E-state index contributed by atoms with van der Waals surface area (Å²) in [5, 5.41) is 11.4. The fourth-order valence-corrected chi connectivity index (χ4v) is 3.14. The van der Waals surface area contributed by atoms with Crippen molar-refractivity contribution in [2.24, 2.45) is 5.10 Å². The summed E-state index contributed by atoms with van der Waals surface area (Å²) in [5.74, 6) is -0.499. The lowest BCUT2D eigenvalue weighted by Gasteiger charge is -2.02. The van der Waals surface area contributed by atoms with Crippen molar-refractivity contribution in [2.45, 2.75) is 6.92 Å². The van der Waals surface area contributed by atoms with E-state index in [-0.39, 0.29) is 11.8 Å². The molecule has 0 radical (unpaired) electrons. The van der Waals surface area contributed by atoms with Crippen LogP contribution in [0.2, 0.25) is 0 Å². The molecule has 0 saturated heterocycles. The van der Waals surface area contributed by atoms with Gasteiger partial charge in [-0.15, -0.1) is 0 Å². The molecule has 4 aromatic rings. The largest absolute Gasteiger partial charge is 0.326 e. The first-order valence-corrected chi connectivity index (χ1v) is 10.0. The molecule has 0 unspecified atom stereocenters. The third-order valence-corrected chi connectivity index (χ3v) is 4.64. The molecule has 4 rings (SSSR count). The van der Waals surface area contributed by atoms with Crippen molar-refractivity contribution in [3.8, 4) is 16.9 Å². The molecule has 0 bridgehead atoms. The van der Waals surface area contributed by atoms with Crippen molar-refractivity contribution in [1.82, 2.24) is 15.2 Å². The van der Waals surface area contributed by atoms with Crippen LogP contribution < -0.4 is 10.7 Å². The highest BCUT2D eigenvalue weighted by Crippen LogP contribution is 2.23. The lowest BCUT2D eigenvalue weighted by molar-refractivity contribution is -0.114. The van der Waals surface area contributed by atoms with Crippen molar-refractivity contribution >= 4 is 23.7 Å². The highest BCUT2D eigenvalue weighted by molar-refractivity contribution is 6.00. The number of carbonyl (C=O) groups is 2. The van der Waals surface area contributed by atoms with Crippen LogP contribution in [-0.2, 0) is 4.79 Å². The molecule has 1 heterocycles. The van der Waals surface area contributed by atoms with Crippen LogP contribution in [0, 0.1) is 0 Å². The maximum Gasteiger partial charge on any atom is 0.275 e. The summed E-state index contributed by atoms with van der Waals surface area (Å²) in [4.78, 5) is 24.0. The standard InChI is InChI=1S/C25H21N5O2/c1-18(31)27-21-14-12-19(13-15-21)16-26-28-25(32)23-17-30(22-10-6-3-7-11-22)29-24(23)20-8-4-2-5-9-20/h2-17H,1H3,(H,27,31)(H,28,32)/b26-16+. The second-order valence-corrected chi connectivity index (χ2v) is 7.04. The number of anilines is 1. The van der Waals surface area contributed by atoms with Crippen LogP contribution in [0.3, 0.4) is 0 Å². The fraction of sp³-hybridized carbons (Fsp3) is 0.0400. The van der Waals surface area contributed by atoms with Gasteiger partial charge >= 0.3 is 0 Å². The van der Waals surface area contributed by atoms with E-state index in [1.165, 1.54) is 6.92 Å². The smallest absolute Gasteiger partial charge is 0.275 e. The summed E-state index contributed by atoms with van der Waals surface area (Å²) in [6, 6.07) is 26.3. The minimum atomic E-state index is -0.364. The number of benzene rings is 3. The maximum absolute atomic E-state index is 12.9. The SMILES string of the molecule is CC(=O)Nc1ccc(/C=N/NC(=O)c2cn(-c3ccccc3)nc2-c2ccccc2)cc1. The number of carbonyl (C=O) groups excluding carboxylic acids is 2. The van der Waals surface area contributed by atoms with Crippen LogP contribution >= 0.6 is 0 Å². The number of para-hydroxylation sites is 1. The molecule has 7 heteroatoms. The molecule has 0 aliphatic carbocycles. The van der Waals surface area contributed by atoms with Gasteiger partial charge in [0.2, 0.25) is 5.91 Å². The average molecular weight is 423 g/mol. The molecule has 0 atom stereocenters. The van der Waals surface area contributed by atoms with Crippen LogP contribution in [-0.4, -0.2) is 27.8 Å². The zero-order valence-corrected chi connectivity index (χ0v) is 17.4. The minimum Gasteiger partial charge on any atom is -0.326 e. The van der Waals surface area contributed by atoms with E-state index in [0.717, 1.165) is 16.8 Å². The Bertz CT molecular complexity index is 1250. The van der Waals surface area contributed by atoms with Gasteiger partial charge in [-0.2, -0.15) is 10.2 Å². The van der Waals surface area contributed by atoms with Gasteiger partial charge in [-0.25, -0.2) is 10.1 Å². The lowest BCUT2D eigenvalue weighted by Crippen LogP contribution is -2.18. The van der Waals surface area contributed by atoms with Crippen LogP contribution in [0.15, 0.2) is 96.2 Å². The van der Waals surface area contributed by atoms with Crippen molar-refractivity contribution in [3.63, 3.8) is 0 Å². The first-order chi connectivity index (χ1) is 15.6. The molecule has 7 nitrogen and oxygen atoms in total. The van der Waals surface area contributed by atoms with E-state index < -0.39 is 0 Å². The van der Waals surface area contributed by atoms with Gasteiger partial charge < -0.3 is 5.32 Å². The Morgan fingerprint density at radius 1 is 0.906 bits per heavy atom. The number of aromatic nitrogens is 2. The number of nitrogens with one attached hydrogen (secondary N) is 2. The third-order valence-electron chi connectivity index (χ3n) is 4.64. The van der Waals surface area contributed by atoms with Gasteiger partial charge in [0.25, 0.3) is 5.91 Å². The third kappa shape index (κ3) is 4.96. The number of hydrogen-bond acceptors (Lipinski definition) is 4. The molecule has 1 aromatic heterocycles.